The van der Waals surface area contributed by atoms with E-state index in [1.807, 2.05) is 10.8 Å². The molecule has 27 heavy (non-hydrogen) atoms. The van der Waals surface area contributed by atoms with Crippen molar-refractivity contribution in [1.82, 2.24) is 10.2 Å². The van der Waals surface area contributed by atoms with E-state index in [9.17, 15) is 9.59 Å². The highest BCUT2D eigenvalue weighted by molar-refractivity contribution is 7.08. The number of ether oxygens (including phenoxy) is 1. The van der Waals surface area contributed by atoms with Crippen molar-refractivity contribution >= 4 is 52.8 Å². The number of piperidine rings is 1. The van der Waals surface area contributed by atoms with E-state index in [4.69, 9.17) is 22.1 Å². The van der Waals surface area contributed by atoms with E-state index in [-0.39, 0.29) is 30.3 Å². The molecule has 0 aliphatic carbocycles. The van der Waals surface area contributed by atoms with Crippen molar-refractivity contribution in [2.75, 3.05) is 25.9 Å². The molecule has 0 radical (unpaired) electrons. The van der Waals surface area contributed by atoms with Crippen molar-refractivity contribution in [1.29, 1.82) is 0 Å². The van der Waals surface area contributed by atoms with Crippen LogP contribution in [0.3, 0.4) is 0 Å². The zero-order chi connectivity index (χ0) is 18.7. The van der Waals surface area contributed by atoms with Crippen LogP contribution in [0.5, 0.6) is 5.75 Å². The van der Waals surface area contributed by atoms with Crippen LogP contribution in [0.1, 0.15) is 33.6 Å². The number of nitrogens with two attached hydrogens (primary N) is 1. The van der Waals surface area contributed by atoms with Gasteiger partial charge in [0.05, 0.1) is 23.4 Å². The Morgan fingerprint density at radius 1 is 1.33 bits per heavy atom. The highest BCUT2D eigenvalue weighted by atomic mass is 35.5. The van der Waals surface area contributed by atoms with E-state index >= 15 is 0 Å². The van der Waals surface area contributed by atoms with E-state index in [1.54, 1.807) is 23.1 Å². The summed E-state index contributed by atoms with van der Waals surface area (Å²) in [6, 6.07) is 4.96. The lowest BCUT2D eigenvalue weighted by Crippen LogP contribution is -2.46. The van der Waals surface area contributed by atoms with Crippen molar-refractivity contribution in [3.63, 3.8) is 0 Å². The summed E-state index contributed by atoms with van der Waals surface area (Å²) < 4.78 is 5.27. The first-order valence-corrected chi connectivity index (χ1v) is 9.57. The normalized spacial score (nSPS) is 14.4. The standard InChI is InChI=1S/C18H20ClN3O3S.ClH/c1-25-16-9-15(20)14(19)8-13(16)18(24)22-5-2-12(3-6-22)21-17(23)11-4-7-26-10-11;/h4,7-10,12H,2-3,5-6,20H2,1H3,(H,21,23);1H. The molecule has 0 unspecified atom stereocenters. The first-order valence-electron chi connectivity index (χ1n) is 8.25. The largest absolute Gasteiger partial charge is 0.496 e. The summed E-state index contributed by atoms with van der Waals surface area (Å²) in [6.07, 6.45) is 1.40. The molecule has 0 spiro atoms. The quantitative estimate of drug-likeness (QED) is 0.728. The predicted octanol–water partition coefficient (Wildman–Crippen LogP) is 3.45. The number of halogens is 2. The first kappa shape index (κ1) is 21.3. The number of anilines is 1. The SMILES string of the molecule is COc1cc(N)c(Cl)cc1C(=O)N1CCC(NC(=O)c2ccsc2)CC1.Cl. The first-order chi connectivity index (χ1) is 12.5. The van der Waals surface area contributed by atoms with Crippen LogP contribution < -0.4 is 15.8 Å². The molecule has 3 N–H and O–H groups in total. The van der Waals surface area contributed by atoms with Crippen LogP contribution in [0.25, 0.3) is 0 Å². The van der Waals surface area contributed by atoms with Gasteiger partial charge in [-0.25, -0.2) is 0 Å². The molecule has 0 atom stereocenters. The Balaban J connectivity index is 0.00000261. The molecule has 6 nitrogen and oxygen atoms in total. The van der Waals surface area contributed by atoms with Gasteiger partial charge in [0.1, 0.15) is 5.75 Å². The van der Waals surface area contributed by atoms with Crippen molar-refractivity contribution in [2.24, 2.45) is 0 Å². The van der Waals surface area contributed by atoms with Gasteiger partial charge in [-0.05, 0) is 30.4 Å². The second kappa shape index (κ2) is 9.30. The molecule has 1 aromatic heterocycles. The predicted molar refractivity (Wildman–Crippen MR) is 110 cm³/mol. The molecule has 2 heterocycles. The number of benzene rings is 1. The van der Waals surface area contributed by atoms with Crippen LogP contribution in [0.15, 0.2) is 29.0 Å². The Bertz CT molecular complexity index is 806. The van der Waals surface area contributed by atoms with Crippen LogP contribution in [-0.2, 0) is 0 Å². The number of thiophene rings is 1. The lowest BCUT2D eigenvalue weighted by atomic mass is 10.0. The molecule has 2 aromatic rings. The number of carbonyl (C=O) groups excluding carboxylic acids is 2. The summed E-state index contributed by atoms with van der Waals surface area (Å²) in [7, 11) is 1.49. The van der Waals surface area contributed by atoms with Gasteiger partial charge in [0, 0.05) is 36.1 Å². The molecule has 146 valence electrons. The van der Waals surface area contributed by atoms with Crippen molar-refractivity contribution in [3.8, 4) is 5.75 Å². The third-order valence-corrected chi connectivity index (χ3v) is 5.46. The van der Waals surface area contributed by atoms with Crippen LogP contribution in [0.4, 0.5) is 5.69 Å². The van der Waals surface area contributed by atoms with Gasteiger partial charge >= 0.3 is 0 Å². The van der Waals surface area contributed by atoms with Gasteiger partial charge in [0.25, 0.3) is 11.8 Å². The molecule has 0 bridgehead atoms. The fraction of sp³-hybridized carbons (Fsp3) is 0.333. The highest BCUT2D eigenvalue weighted by Gasteiger charge is 2.27. The summed E-state index contributed by atoms with van der Waals surface area (Å²) in [5.41, 5.74) is 7.21. The van der Waals surface area contributed by atoms with Crippen LogP contribution in [-0.4, -0.2) is 43.0 Å². The van der Waals surface area contributed by atoms with Gasteiger partial charge in [-0.3, -0.25) is 9.59 Å². The number of nitrogens with one attached hydrogen (secondary N) is 1. The summed E-state index contributed by atoms with van der Waals surface area (Å²) >= 11 is 7.55. The van der Waals surface area contributed by atoms with E-state index in [0.717, 1.165) is 0 Å². The Labute approximate surface area is 173 Å². The lowest BCUT2D eigenvalue weighted by molar-refractivity contribution is 0.0695. The van der Waals surface area contributed by atoms with Gasteiger partial charge in [-0.15, -0.1) is 12.4 Å². The summed E-state index contributed by atoms with van der Waals surface area (Å²) in [4.78, 5) is 26.7. The van der Waals surface area contributed by atoms with Crippen LogP contribution in [0.2, 0.25) is 5.02 Å². The lowest BCUT2D eigenvalue weighted by Gasteiger charge is -2.32. The van der Waals surface area contributed by atoms with E-state index in [1.165, 1.54) is 18.4 Å². The Morgan fingerprint density at radius 2 is 2.04 bits per heavy atom. The molecule has 1 aromatic carbocycles. The number of amides is 2. The molecule has 1 aliphatic heterocycles. The minimum Gasteiger partial charge on any atom is -0.496 e. The maximum absolute atomic E-state index is 12.8. The zero-order valence-corrected chi connectivity index (χ0v) is 17.1. The molecule has 1 fully saturated rings. The number of hydrogen-bond donors (Lipinski definition) is 2. The summed E-state index contributed by atoms with van der Waals surface area (Å²) in [6.45, 7) is 1.11. The zero-order valence-electron chi connectivity index (χ0n) is 14.7. The van der Waals surface area contributed by atoms with Gasteiger partial charge < -0.3 is 20.7 Å². The average Bonchev–Trinajstić information content (AvgIpc) is 3.18. The molecule has 2 amide bonds. The fourth-order valence-corrected chi connectivity index (χ4v) is 3.76. The van der Waals surface area contributed by atoms with Gasteiger partial charge in [0.2, 0.25) is 0 Å². The van der Waals surface area contributed by atoms with Crippen LogP contribution >= 0.6 is 35.3 Å². The topological polar surface area (TPSA) is 84.7 Å². The molecule has 3 rings (SSSR count). The Kier molecular flexibility index (Phi) is 7.35. The van der Waals surface area contributed by atoms with Crippen LogP contribution in [0, 0.1) is 0 Å². The second-order valence-electron chi connectivity index (χ2n) is 6.13. The van der Waals surface area contributed by atoms with Crippen molar-refractivity contribution in [3.05, 3.63) is 45.1 Å². The number of carbonyl (C=O) groups is 2. The molecule has 1 aliphatic rings. The molecule has 1 saturated heterocycles. The number of likely N-dealkylation sites (tertiary alicyclic amines) is 1. The molecular weight excluding hydrogens is 409 g/mol. The van der Waals surface area contributed by atoms with Gasteiger partial charge in [-0.1, -0.05) is 11.6 Å². The summed E-state index contributed by atoms with van der Waals surface area (Å²) in [5, 5.41) is 7.05. The number of hydrogen-bond acceptors (Lipinski definition) is 5. The van der Waals surface area contributed by atoms with Gasteiger partial charge in [0.15, 0.2) is 0 Å². The Hall–Kier alpha value is -1.96. The monoisotopic (exact) mass is 429 g/mol. The highest BCUT2D eigenvalue weighted by Crippen LogP contribution is 2.30. The molecule has 0 saturated carbocycles. The second-order valence-corrected chi connectivity index (χ2v) is 7.31. The van der Waals surface area contributed by atoms with Crippen molar-refractivity contribution < 1.29 is 14.3 Å². The average molecular weight is 430 g/mol. The summed E-state index contributed by atoms with van der Waals surface area (Å²) in [5.74, 6) is 0.194. The third kappa shape index (κ3) is 4.86. The fourth-order valence-electron chi connectivity index (χ4n) is 2.96. The third-order valence-electron chi connectivity index (χ3n) is 4.45. The van der Waals surface area contributed by atoms with Gasteiger partial charge in [-0.2, -0.15) is 11.3 Å². The maximum atomic E-state index is 12.8. The van der Waals surface area contributed by atoms with E-state index < -0.39 is 0 Å². The number of rotatable bonds is 4. The number of methoxy groups -OCH3 is 1. The number of nitrogens with zero attached hydrogens (tertiary/aromatic N) is 1. The minimum absolute atomic E-state index is 0. The molecular formula is C18H21Cl2N3O3S. The van der Waals surface area contributed by atoms with Crippen molar-refractivity contribution in [2.45, 2.75) is 18.9 Å². The molecule has 9 heteroatoms. The van der Waals surface area contributed by atoms with E-state index in [2.05, 4.69) is 5.32 Å². The smallest absolute Gasteiger partial charge is 0.257 e. The minimum atomic E-state index is -0.147. The Morgan fingerprint density at radius 3 is 2.63 bits per heavy atom. The number of nitrogen functional groups attached to an aromatic ring is 1. The maximum Gasteiger partial charge on any atom is 0.257 e. The van der Waals surface area contributed by atoms with E-state index in [0.29, 0.717) is 53.5 Å².